The molecule has 0 radical (unpaired) electrons. The number of nitrogens with one attached hydrogen (secondary N) is 2. The highest BCUT2D eigenvalue weighted by Gasteiger charge is 2.42. The van der Waals surface area contributed by atoms with E-state index in [2.05, 4.69) is 10.3 Å². The minimum Gasteiger partial charge on any atom is -0.375 e. The van der Waals surface area contributed by atoms with Crippen molar-refractivity contribution < 1.29 is 13.5 Å². The zero-order valence-electron chi connectivity index (χ0n) is 12.9. The minimum absolute atomic E-state index is 0.0684. The van der Waals surface area contributed by atoms with Crippen molar-refractivity contribution in [1.29, 1.82) is 0 Å². The molecule has 122 valence electrons. The fourth-order valence-electron chi connectivity index (χ4n) is 4.15. The van der Waals surface area contributed by atoms with Crippen LogP contribution in [-0.4, -0.2) is 11.6 Å². The van der Waals surface area contributed by atoms with Gasteiger partial charge < -0.3 is 15.0 Å². The number of aromatic nitrogens is 1. The predicted molar refractivity (Wildman–Crippen MR) is 87.8 cm³/mol. The summed E-state index contributed by atoms with van der Waals surface area (Å²) >= 11 is 0. The van der Waals surface area contributed by atoms with Gasteiger partial charge in [0.1, 0.15) is 11.6 Å². The molecule has 5 rings (SSSR count). The molecule has 2 aromatic carbocycles. The van der Waals surface area contributed by atoms with Crippen molar-refractivity contribution in [2.75, 3.05) is 11.9 Å². The molecular formula is C19H16F2N2O. The number of fused-ring (bicyclic) bond motifs is 4. The van der Waals surface area contributed by atoms with Crippen LogP contribution >= 0.6 is 0 Å². The van der Waals surface area contributed by atoms with Gasteiger partial charge in [0.05, 0.1) is 17.8 Å². The maximum absolute atomic E-state index is 14.3. The van der Waals surface area contributed by atoms with Crippen LogP contribution in [-0.2, 0) is 4.74 Å². The molecule has 0 spiro atoms. The first-order valence-electron chi connectivity index (χ1n) is 8.15. The van der Waals surface area contributed by atoms with E-state index in [0.717, 1.165) is 28.5 Å². The molecule has 24 heavy (non-hydrogen) atoms. The van der Waals surface area contributed by atoms with E-state index in [9.17, 15) is 8.78 Å². The molecule has 3 aromatic rings. The highest BCUT2D eigenvalue weighted by molar-refractivity contribution is 5.84. The Morgan fingerprint density at radius 3 is 2.92 bits per heavy atom. The summed E-state index contributed by atoms with van der Waals surface area (Å²) in [7, 11) is 0. The molecule has 0 aliphatic carbocycles. The van der Waals surface area contributed by atoms with Crippen LogP contribution in [0.5, 0.6) is 0 Å². The smallest absolute Gasteiger partial charge is 0.146 e. The Bertz CT molecular complexity index is 936. The maximum atomic E-state index is 14.3. The van der Waals surface area contributed by atoms with Gasteiger partial charge in [0.15, 0.2) is 0 Å². The fourth-order valence-corrected chi connectivity index (χ4v) is 4.15. The number of anilines is 1. The largest absolute Gasteiger partial charge is 0.375 e. The summed E-state index contributed by atoms with van der Waals surface area (Å²) in [5.41, 5.74) is 3.18. The molecule has 1 saturated heterocycles. The zero-order chi connectivity index (χ0) is 16.3. The second kappa shape index (κ2) is 5.05. The molecule has 2 N–H and O–H groups in total. The molecule has 5 heteroatoms. The molecule has 3 nitrogen and oxygen atoms in total. The first-order chi connectivity index (χ1) is 11.7. The van der Waals surface area contributed by atoms with Gasteiger partial charge in [0.25, 0.3) is 0 Å². The normalized spacial score (nSPS) is 25.3. The summed E-state index contributed by atoms with van der Waals surface area (Å²) in [5.74, 6) is -0.313. The molecule has 0 unspecified atom stereocenters. The van der Waals surface area contributed by atoms with Gasteiger partial charge in [0, 0.05) is 35.2 Å². The van der Waals surface area contributed by atoms with Crippen LogP contribution in [0.1, 0.15) is 29.7 Å². The summed E-state index contributed by atoms with van der Waals surface area (Å²) in [6.07, 6.45) is 2.70. The lowest BCUT2D eigenvalue weighted by Gasteiger charge is -2.36. The van der Waals surface area contributed by atoms with Crippen LogP contribution in [0.4, 0.5) is 14.5 Å². The number of halogens is 2. The van der Waals surface area contributed by atoms with Crippen molar-refractivity contribution in [1.82, 2.24) is 4.98 Å². The quantitative estimate of drug-likeness (QED) is 0.681. The van der Waals surface area contributed by atoms with E-state index < -0.39 is 0 Å². The van der Waals surface area contributed by atoms with Gasteiger partial charge in [0.2, 0.25) is 0 Å². The highest BCUT2D eigenvalue weighted by Crippen LogP contribution is 2.51. The van der Waals surface area contributed by atoms with Crippen molar-refractivity contribution in [3.05, 3.63) is 65.4 Å². The summed E-state index contributed by atoms with van der Waals surface area (Å²) in [4.78, 5) is 3.13. The molecule has 0 bridgehead atoms. The van der Waals surface area contributed by atoms with Gasteiger partial charge in [-0.25, -0.2) is 8.78 Å². The lowest BCUT2D eigenvalue weighted by atomic mass is 9.81. The van der Waals surface area contributed by atoms with Gasteiger partial charge in [-0.1, -0.05) is 12.1 Å². The third kappa shape index (κ3) is 1.91. The summed E-state index contributed by atoms with van der Waals surface area (Å²) < 4.78 is 33.7. The standard InChI is InChI=1S/C19H16F2N2O/c20-10-4-5-11-14(9-22-16(11)8-10)17-13-6-7-24-19(13)12-2-1-3-15(21)18(12)23-17/h1-5,8-9,13,17,19,22-23H,6-7H2/t13-,17+,19+/m0/s1. The number of aromatic amines is 1. The first kappa shape index (κ1) is 14.0. The summed E-state index contributed by atoms with van der Waals surface area (Å²) in [6.45, 7) is 0.667. The number of benzene rings is 2. The van der Waals surface area contributed by atoms with Crippen LogP contribution in [0.2, 0.25) is 0 Å². The van der Waals surface area contributed by atoms with Crippen molar-refractivity contribution in [3.8, 4) is 0 Å². The Balaban J connectivity index is 1.66. The van der Waals surface area contributed by atoms with Gasteiger partial charge >= 0.3 is 0 Å². The van der Waals surface area contributed by atoms with E-state index in [0.29, 0.717) is 12.3 Å². The average molecular weight is 326 g/mol. The van der Waals surface area contributed by atoms with Crippen molar-refractivity contribution in [2.24, 2.45) is 5.92 Å². The Labute approximate surface area is 137 Å². The first-order valence-corrected chi connectivity index (χ1v) is 8.15. The Hall–Kier alpha value is -2.40. The van der Waals surface area contributed by atoms with E-state index >= 15 is 0 Å². The van der Waals surface area contributed by atoms with Gasteiger partial charge in [-0.2, -0.15) is 0 Å². The third-order valence-corrected chi connectivity index (χ3v) is 5.23. The van der Waals surface area contributed by atoms with Crippen LogP contribution < -0.4 is 5.32 Å². The fraction of sp³-hybridized carbons (Fsp3) is 0.263. The lowest BCUT2D eigenvalue weighted by molar-refractivity contribution is 0.0826. The van der Waals surface area contributed by atoms with Crippen LogP contribution in [0.3, 0.4) is 0 Å². The lowest BCUT2D eigenvalue weighted by Crippen LogP contribution is -2.29. The Morgan fingerprint density at radius 2 is 2.00 bits per heavy atom. The van der Waals surface area contributed by atoms with E-state index in [4.69, 9.17) is 4.74 Å². The van der Waals surface area contributed by atoms with E-state index in [1.54, 1.807) is 12.1 Å². The number of hydrogen-bond acceptors (Lipinski definition) is 2. The van der Waals surface area contributed by atoms with Gasteiger partial charge in [-0.05, 0) is 36.2 Å². The molecule has 0 amide bonds. The number of H-pyrrole nitrogens is 1. The Morgan fingerprint density at radius 1 is 1.08 bits per heavy atom. The van der Waals surface area contributed by atoms with Crippen LogP contribution in [0.15, 0.2) is 42.6 Å². The molecule has 3 heterocycles. The number of ether oxygens (including phenoxy) is 1. The minimum atomic E-state index is -0.272. The second-order valence-corrected chi connectivity index (χ2v) is 6.50. The number of rotatable bonds is 1. The van der Waals surface area contributed by atoms with Gasteiger partial charge in [-0.3, -0.25) is 0 Å². The van der Waals surface area contributed by atoms with Crippen molar-refractivity contribution >= 4 is 16.6 Å². The zero-order valence-corrected chi connectivity index (χ0v) is 12.9. The SMILES string of the molecule is Fc1ccc2c([C@@H]3Nc4c(F)cccc4[C@H]4OCC[C@H]43)c[nH]c2c1. The van der Waals surface area contributed by atoms with E-state index in [1.165, 1.54) is 18.2 Å². The number of para-hydroxylation sites is 1. The van der Waals surface area contributed by atoms with Gasteiger partial charge in [-0.15, -0.1) is 0 Å². The average Bonchev–Trinajstić information content (AvgIpc) is 3.21. The maximum Gasteiger partial charge on any atom is 0.146 e. The molecule has 1 fully saturated rings. The molecule has 2 aliphatic heterocycles. The molecule has 1 aromatic heterocycles. The van der Waals surface area contributed by atoms with Crippen LogP contribution in [0, 0.1) is 17.6 Å². The Kier molecular flexibility index (Phi) is 2.94. The van der Waals surface area contributed by atoms with E-state index in [-0.39, 0.29) is 29.7 Å². The van der Waals surface area contributed by atoms with Crippen molar-refractivity contribution in [3.63, 3.8) is 0 Å². The van der Waals surface area contributed by atoms with Crippen LogP contribution in [0.25, 0.3) is 10.9 Å². The number of hydrogen-bond donors (Lipinski definition) is 2. The predicted octanol–water partition coefficient (Wildman–Crippen LogP) is 4.69. The summed E-state index contributed by atoms with van der Waals surface area (Å²) in [5, 5.41) is 4.33. The molecule has 3 atom stereocenters. The molecule has 0 saturated carbocycles. The summed E-state index contributed by atoms with van der Waals surface area (Å²) in [6, 6.07) is 9.76. The topological polar surface area (TPSA) is 37.0 Å². The second-order valence-electron chi connectivity index (χ2n) is 6.50. The third-order valence-electron chi connectivity index (χ3n) is 5.23. The monoisotopic (exact) mass is 326 g/mol. The van der Waals surface area contributed by atoms with Crippen molar-refractivity contribution in [2.45, 2.75) is 18.6 Å². The highest BCUT2D eigenvalue weighted by atomic mass is 19.1. The van der Waals surface area contributed by atoms with E-state index in [1.807, 2.05) is 12.3 Å². The molecule has 2 aliphatic rings. The molecular weight excluding hydrogens is 310 g/mol.